The Kier molecular flexibility index (Phi) is 34.4. The van der Waals surface area contributed by atoms with Gasteiger partial charge in [-0.2, -0.15) is 36.0 Å². The normalized spacial score (nSPS) is 25.0. The van der Waals surface area contributed by atoms with Crippen LogP contribution in [0.5, 0.6) is 0 Å². The van der Waals surface area contributed by atoms with Crippen LogP contribution >= 0.6 is 85.5 Å². The number of thiocarbonyl (C=S) groups is 7. The van der Waals surface area contributed by atoms with Crippen LogP contribution in [0.25, 0.3) is 0 Å². The van der Waals surface area contributed by atoms with E-state index in [1.807, 2.05) is 41.5 Å². The number of allylic oxidation sites excluding steroid dienone is 19. The molecule has 145 heavy (non-hydrogen) atoms. The van der Waals surface area contributed by atoms with Gasteiger partial charge in [0.15, 0.2) is 5.57 Å². The van der Waals surface area contributed by atoms with Crippen molar-refractivity contribution in [2.24, 2.45) is 32.5 Å². The van der Waals surface area contributed by atoms with Crippen molar-refractivity contribution in [1.82, 2.24) is 29.4 Å². The van der Waals surface area contributed by atoms with Gasteiger partial charge in [0.25, 0.3) is 0 Å². The molecule has 0 aromatic carbocycles. The van der Waals surface area contributed by atoms with Gasteiger partial charge >= 0.3 is 78.4 Å². The Morgan fingerprint density at radius 1 is 0.283 bits per heavy atom. The van der Waals surface area contributed by atoms with E-state index in [2.05, 4.69) is 136 Å². The van der Waals surface area contributed by atoms with Crippen molar-refractivity contribution < 1.29 is 104 Å². The van der Waals surface area contributed by atoms with Crippen molar-refractivity contribution in [2.75, 3.05) is 85.3 Å². The third-order valence-electron chi connectivity index (χ3n) is 28.0. The van der Waals surface area contributed by atoms with Crippen LogP contribution in [0.3, 0.4) is 0 Å². The fourth-order valence-electron chi connectivity index (χ4n) is 21.7. The first-order valence-corrected chi connectivity index (χ1v) is 51.2. The van der Waals surface area contributed by atoms with Crippen LogP contribution in [0, 0.1) is 100 Å². The molecular formula is C104H113F3N12O19S7. The minimum Gasteiger partial charge on any atom is -0.424 e. The molecule has 0 N–H and O–H groups in total. The molecule has 7 aliphatic carbocycles. The molecule has 0 aromatic rings. The summed E-state index contributed by atoms with van der Waals surface area (Å²) in [7, 11) is 0. The SMILES string of the molecule is CC1(C)CC(=C2C(=O)OC(=O)OC2=O)C(C#N)=C(N2CCCC2)C1.CC1(C)CC(=C2C(=O)OC(C(F)F)OC2=O)C(C#N)=C(N2CCCC2)C1.CC1(C)CC(=C2C(=O)OC(F)OC2=O)C(C#N)=C(N2CCCC2)C1.CC1(C)CC(=C2C(=O)OCOC2=O)C(C#N)=C(N2CCCC2)C1.CC1(C)CC(=C2C(=S)C(=S)C(=S)C2=S)C(C#N)=C(N2CCCC2)C1.CC1(C)CC(=C2C(=S)OC(=S)OC2=S)C(C#N)=C(N2CCCC2)C1. The maximum Gasteiger partial charge on any atom is 0.524 e. The van der Waals surface area contributed by atoms with Crippen molar-refractivity contribution >= 4 is 174 Å². The summed E-state index contributed by atoms with van der Waals surface area (Å²) in [6, 6.07) is 13.4. The molecule has 11 aliphatic heterocycles. The van der Waals surface area contributed by atoms with Crippen LogP contribution in [0.15, 0.2) is 134 Å². The van der Waals surface area contributed by atoms with Gasteiger partial charge in [-0.15, -0.1) is 0 Å². The second-order valence-corrected chi connectivity index (χ2v) is 45.7. The fraction of sp³-hybridized carbons (Fsp3) is 0.558. The van der Waals surface area contributed by atoms with Crippen LogP contribution in [-0.4, -0.2) is 223 Å². The highest BCUT2D eigenvalue weighted by Crippen LogP contribution is 2.53. The number of halogens is 3. The predicted molar refractivity (Wildman–Crippen MR) is 545 cm³/mol. The molecule has 0 aromatic heterocycles. The van der Waals surface area contributed by atoms with E-state index in [1.165, 1.54) is 12.8 Å². The summed E-state index contributed by atoms with van der Waals surface area (Å²) < 4.78 is 85.6. The highest BCUT2D eigenvalue weighted by Gasteiger charge is 2.51. The molecule has 18 aliphatic rings. The molecule has 0 spiro atoms. The zero-order chi connectivity index (χ0) is 106. The monoisotopic (exact) mass is 2110 g/mol. The lowest BCUT2D eigenvalue weighted by molar-refractivity contribution is -0.225. The van der Waals surface area contributed by atoms with Crippen molar-refractivity contribution in [3.63, 3.8) is 0 Å². The first kappa shape index (κ1) is 110. The van der Waals surface area contributed by atoms with E-state index in [-0.39, 0.29) is 88.9 Å². The van der Waals surface area contributed by atoms with Crippen molar-refractivity contribution in [1.29, 1.82) is 31.6 Å². The Labute approximate surface area is 877 Å². The zero-order valence-corrected chi connectivity index (χ0v) is 88.7. The Morgan fingerprint density at radius 2 is 0.490 bits per heavy atom. The zero-order valence-electron chi connectivity index (χ0n) is 83.0. The van der Waals surface area contributed by atoms with Gasteiger partial charge in [-0.05, 0) is 244 Å². The lowest BCUT2D eigenvalue weighted by Gasteiger charge is -2.38. The second kappa shape index (κ2) is 45.2. The van der Waals surface area contributed by atoms with E-state index in [9.17, 15) is 87.9 Å². The number of rotatable bonds is 7. The molecule has 0 amide bonds. The third kappa shape index (κ3) is 24.8. The number of carbonyl (C=O) groups is 9. The van der Waals surface area contributed by atoms with Crippen molar-refractivity contribution in [2.45, 2.75) is 256 Å². The summed E-state index contributed by atoms with van der Waals surface area (Å²) >= 11 is 37.3. The number of cyclic esters (lactones) is 10. The first-order valence-electron chi connectivity index (χ1n) is 48.3. The Bertz CT molecular complexity index is 6050. The van der Waals surface area contributed by atoms with Crippen LogP contribution in [0.2, 0.25) is 0 Å². The molecule has 11 heterocycles. The molecule has 0 unspecified atom stereocenters. The van der Waals surface area contributed by atoms with E-state index in [4.69, 9.17) is 104 Å². The molecule has 41 heteroatoms. The van der Waals surface area contributed by atoms with E-state index in [0.717, 1.165) is 225 Å². The second-order valence-electron chi connectivity index (χ2n) is 42.9. The minimum atomic E-state index is -3.12. The minimum absolute atomic E-state index is 0.00376. The van der Waals surface area contributed by atoms with Gasteiger partial charge in [-0.1, -0.05) is 132 Å². The Balaban J connectivity index is 0.000000146. The van der Waals surface area contributed by atoms with Gasteiger partial charge in [-0.25, -0.2) is 51.9 Å². The topological polar surface area (TPSA) is 408 Å². The summed E-state index contributed by atoms with van der Waals surface area (Å²) in [5.41, 5.74) is 10.7. The maximum absolute atomic E-state index is 13.1. The highest BCUT2D eigenvalue weighted by atomic mass is 32.1. The van der Waals surface area contributed by atoms with Gasteiger partial charge < -0.3 is 76.8 Å². The summed E-state index contributed by atoms with van der Waals surface area (Å²) in [5.74, 6) is -7.93. The Morgan fingerprint density at radius 3 is 0.717 bits per heavy atom. The number of esters is 8. The first-order chi connectivity index (χ1) is 68.4. The number of likely N-dealkylation sites (tertiary alicyclic amines) is 6. The average molecular weight is 2120 g/mol. The standard InChI is InChI=1S/C18H20F2N2O4.C18H18N2S4.C17H19FN2O4.C17H18N2O5.C17H20N2O4.C17H18N2O2S3/c1-18(2)7-10(11(9-21)12(8-18)22-5-3-4-6-22)13-15(23)25-17(14(19)20)26-16(13)24;1-18(2)7-10(13-14(21)16(23)17(24)15(13)22)11(9-19)12(8-18)20-5-3-4-6-20;1-17(2)7-10(13-14(21)23-16(18)24-15(13)22)11(9-19)12(8-17)20-5-3-4-6-20;1-17(2)7-10(13-14(20)23-16(22)24-15(13)21)11(9-18)12(8-17)19-5-3-4-6-19;1-17(2)7-11(14-15(20)22-10-23-16(14)21)12(9-18)13(8-17)19-5-3-4-6-19;1-17(2)7-10(13-14(22)20-16(24)21-15(13)23)11(9-18)12(8-17)19-5-3-4-6-19/h14,17H,3-8H2,1-2H3;3-8H2,1-2H3;16H,3-8H2,1-2H3;3-8H2,1-2H3;3-8,10H2,1-2H3;3-8H2,1-2H3. The molecule has 0 atom stereocenters. The largest absolute Gasteiger partial charge is 0.524 e. The average Bonchev–Trinajstić information content (AvgIpc) is 1.53. The number of carbonyl (C=O) groups excluding carboxylic acids is 9. The lowest BCUT2D eigenvalue weighted by atomic mass is 9.72. The van der Waals surface area contributed by atoms with Crippen LogP contribution < -0.4 is 0 Å². The van der Waals surface area contributed by atoms with Gasteiger partial charge in [0.2, 0.25) is 16.9 Å². The highest BCUT2D eigenvalue weighted by molar-refractivity contribution is 8.00. The van der Waals surface area contributed by atoms with Gasteiger partial charge in [0, 0.05) is 131 Å². The summed E-state index contributed by atoms with van der Waals surface area (Å²) in [4.78, 5) is 123. The van der Waals surface area contributed by atoms with Crippen LogP contribution in [-0.2, 0) is 85.7 Å². The molecule has 1 saturated carbocycles. The molecule has 766 valence electrons. The van der Waals surface area contributed by atoms with E-state index in [0.29, 0.717) is 109 Å². The molecule has 0 radical (unpaired) electrons. The molecular weight excluding hydrogens is 2000 g/mol. The third-order valence-corrected chi connectivity index (χ3v) is 30.8. The fourth-order valence-corrected chi connectivity index (χ4v) is 23.9. The number of alkyl halides is 3. The smallest absolute Gasteiger partial charge is 0.424 e. The van der Waals surface area contributed by atoms with Gasteiger partial charge in [0.1, 0.15) is 53.1 Å². The van der Waals surface area contributed by atoms with E-state index < -0.39 is 78.7 Å². The molecule has 18 rings (SSSR count). The number of hydrogen-bond donors (Lipinski definition) is 0. The molecule has 12 fully saturated rings. The summed E-state index contributed by atoms with van der Waals surface area (Å²) in [6.45, 7) is 33.1. The Hall–Kier alpha value is -11.9. The van der Waals surface area contributed by atoms with Crippen molar-refractivity contribution in [3.05, 3.63) is 134 Å². The van der Waals surface area contributed by atoms with Crippen molar-refractivity contribution in [3.8, 4) is 36.4 Å². The van der Waals surface area contributed by atoms with Gasteiger partial charge in [0.05, 0.1) is 58.5 Å². The predicted octanol–water partition coefficient (Wildman–Crippen LogP) is 17.7. The summed E-state index contributed by atoms with van der Waals surface area (Å²) in [6.07, 6.45) is 13.9. The quantitative estimate of drug-likeness (QED) is 0.0570. The summed E-state index contributed by atoms with van der Waals surface area (Å²) in [5, 5.41) is 58.8. The molecule has 11 saturated heterocycles. The van der Waals surface area contributed by atoms with E-state index in [1.54, 1.807) is 0 Å². The van der Waals surface area contributed by atoms with Crippen LogP contribution in [0.1, 0.15) is 237 Å². The lowest BCUT2D eigenvalue weighted by Crippen LogP contribution is -2.40. The van der Waals surface area contributed by atoms with E-state index >= 15 is 0 Å². The number of nitrogens with zero attached hydrogens (tertiary/aromatic N) is 12. The number of ether oxygens (including phenoxy) is 10. The molecule has 31 nitrogen and oxygen atoms in total. The molecule has 0 bridgehead atoms. The maximum atomic E-state index is 13.1. The number of hydrogen-bond acceptors (Lipinski definition) is 38. The van der Waals surface area contributed by atoms with Gasteiger partial charge in [-0.3, -0.25) is 0 Å². The van der Waals surface area contributed by atoms with Crippen LogP contribution in [0.4, 0.5) is 18.0 Å². The number of nitriles is 6.